The number of amides is 1. The Morgan fingerprint density at radius 2 is 1.94 bits per heavy atom. The van der Waals surface area contributed by atoms with Gasteiger partial charge in [0.25, 0.3) is 0 Å². The van der Waals surface area contributed by atoms with Gasteiger partial charge in [-0.1, -0.05) is 24.3 Å². The van der Waals surface area contributed by atoms with Crippen LogP contribution in [0.5, 0.6) is 0 Å². The van der Waals surface area contributed by atoms with E-state index in [0.29, 0.717) is 5.56 Å². The number of hydrogen-bond donors (Lipinski definition) is 2. The van der Waals surface area contributed by atoms with E-state index in [4.69, 9.17) is 5.11 Å². The minimum atomic E-state index is -1.03. The molecule has 18 heavy (non-hydrogen) atoms. The summed E-state index contributed by atoms with van der Waals surface area (Å²) in [4.78, 5) is 21.9. The smallest absolute Gasteiger partial charge is 0.405 e. The summed E-state index contributed by atoms with van der Waals surface area (Å²) in [5, 5.41) is 11.3. The topological polar surface area (TPSA) is 66.4 Å². The lowest BCUT2D eigenvalue weighted by Gasteiger charge is -2.17. The van der Waals surface area contributed by atoms with E-state index < -0.39 is 6.09 Å². The summed E-state index contributed by atoms with van der Waals surface area (Å²) in [6.07, 6.45) is 1.68. The minimum Gasteiger partial charge on any atom is -0.465 e. The quantitative estimate of drug-likeness (QED) is 0.778. The molecular weight excluding hydrogens is 250 g/mol. The van der Waals surface area contributed by atoms with Crippen molar-refractivity contribution in [3.8, 4) is 0 Å². The van der Waals surface area contributed by atoms with Gasteiger partial charge in [0.05, 0.1) is 6.04 Å². The Kier molecular flexibility index (Phi) is 5.71. The number of benzene rings is 1. The van der Waals surface area contributed by atoms with Gasteiger partial charge in [-0.2, -0.15) is 11.8 Å². The maximum atomic E-state index is 11.2. The van der Waals surface area contributed by atoms with E-state index >= 15 is 0 Å². The van der Waals surface area contributed by atoms with E-state index in [1.807, 2.05) is 6.26 Å². The highest BCUT2D eigenvalue weighted by molar-refractivity contribution is 7.98. The van der Waals surface area contributed by atoms with Crippen LogP contribution in [-0.2, 0) is 0 Å². The minimum absolute atomic E-state index is 0.00778. The van der Waals surface area contributed by atoms with Crippen LogP contribution in [0.4, 0.5) is 4.79 Å². The zero-order valence-electron chi connectivity index (χ0n) is 10.5. The molecule has 0 bridgehead atoms. The van der Waals surface area contributed by atoms with Gasteiger partial charge in [0.15, 0.2) is 5.78 Å². The predicted octanol–water partition coefficient (Wildman–Crippen LogP) is 2.95. The summed E-state index contributed by atoms with van der Waals surface area (Å²) in [5.74, 6) is 0.882. The van der Waals surface area contributed by atoms with Gasteiger partial charge < -0.3 is 10.4 Å². The molecule has 98 valence electrons. The molecule has 2 N–H and O–H groups in total. The van der Waals surface area contributed by atoms with Crippen molar-refractivity contribution in [3.05, 3.63) is 35.4 Å². The van der Waals surface area contributed by atoms with Gasteiger partial charge in [0.1, 0.15) is 0 Å². The Labute approximate surface area is 111 Å². The fourth-order valence-electron chi connectivity index (χ4n) is 1.66. The number of carbonyl (C=O) groups is 2. The maximum absolute atomic E-state index is 11.2. The third kappa shape index (κ3) is 4.41. The first-order chi connectivity index (χ1) is 8.54. The monoisotopic (exact) mass is 267 g/mol. The number of rotatable bonds is 6. The molecule has 1 aromatic carbocycles. The highest BCUT2D eigenvalue weighted by atomic mass is 32.2. The second kappa shape index (κ2) is 7.06. The summed E-state index contributed by atoms with van der Waals surface area (Å²) >= 11 is 1.67. The van der Waals surface area contributed by atoms with Crippen LogP contribution >= 0.6 is 11.8 Å². The fraction of sp³-hybridized carbons (Fsp3) is 0.385. The largest absolute Gasteiger partial charge is 0.465 e. The Balaban J connectivity index is 2.83. The number of ketones is 1. The third-order valence-corrected chi connectivity index (χ3v) is 3.27. The molecule has 0 heterocycles. The Morgan fingerprint density at radius 3 is 2.39 bits per heavy atom. The van der Waals surface area contributed by atoms with Crippen molar-refractivity contribution in [3.63, 3.8) is 0 Å². The molecule has 1 aromatic rings. The molecule has 0 saturated carbocycles. The lowest BCUT2D eigenvalue weighted by molar-refractivity contribution is 0.101. The standard InChI is InChI=1S/C13H17NO3S/c1-9(15)10-3-5-11(6-4-10)12(7-8-18-2)14-13(16)17/h3-6,12,14H,7-8H2,1-2H3,(H,16,17). The first-order valence-corrected chi connectivity index (χ1v) is 7.03. The Morgan fingerprint density at radius 1 is 1.33 bits per heavy atom. The Bertz CT molecular complexity index is 417. The average Bonchev–Trinajstić information content (AvgIpc) is 2.34. The molecule has 1 amide bonds. The number of Topliss-reactive ketones (excluding diaryl/α,β-unsaturated/α-hetero) is 1. The van der Waals surface area contributed by atoms with Crippen LogP contribution < -0.4 is 5.32 Å². The molecule has 0 aliphatic rings. The van der Waals surface area contributed by atoms with Gasteiger partial charge in [0.2, 0.25) is 0 Å². The first kappa shape index (κ1) is 14.6. The summed E-state index contributed by atoms with van der Waals surface area (Å²) in [6, 6.07) is 6.84. The molecule has 0 aromatic heterocycles. The van der Waals surface area contributed by atoms with Crippen molar-refractivity contribution in [1.82, 2.24) is 5.32 Å². The summed E-state index contributed by atoms with van der Waals surface area (Å²) < 4.78 is 0. The van der Waals surface area contributed by atoms with Gasteiger partial charge in [-0.3, -0.25) is 4.79 Å². The van der Waals surface area contributed by atoms with Gasteiger partial charge >= 0.3 is 6.09 Å². The molecule has 1 unspecified atom stereocenters. The SMILES string of the molecule is CSCCC(NC(=O)O)c1ccc(C(C)=O)cc1. The molecular formula is C13H17NO3S. The van der Waals surface area contributed by atoms with Gasteiger partial charge in [0, 0.05) is 5.56 Å². The fourth-order valence-corrected chi connectivity index (χ4v) is 2.13. The molecule has 1 atom stereocenters. The van der Waals surface area contributed by atoms with E-state index in [-0.39, 0.29) is 11.8 Å². The normalized spacial score (nSPS) is 11.9. The lowest BCUT2D eigenvalue weighted by atomic mass is 10.0. The molecule has 5 heteroatoms. The third-order valence-electron chi connectivity index (χ3n) is 2.63. The first-order valence-electron chi connectivity index (χ1n) is 5.64. The zero-order valence-corrected chi connectivity index (χ0v) is 11.3. The molecule has 0 saturated heterocycles. The molecule has 0 aliphatic heterocycles. The van der Waals surface area contributed by atoms with Crippen molar-refractivity contribution in [1.29, 1.82) is 0 Å². The Hall–Kier alpha value is -1.49. The van der Waals surface area contributed by atoms with Crippen LogP contribution in [0.3, 0.4) is 0 Å². The van der Waals surface area contributed by atoms with Gasteiger partial charge in [-0.05, 0) is 30.9 Å². The molecule has 1 rings (SSSR count). The summed E-state index contributed by atoms with van der Waals surface area (Å²) in [5.41, 5.74) is 1.52. The highest BCUT2D eigenvalue weighted by Crippen LogP contribution is 2.19. The van der Waals surface area contributed by atoms with Crippen LogP contribution in [0.1, 0.15) is 35.3 Å². The van der Waals surface area contributed by atoms with Crippen molar-refractivity contribution >= 4 is 23.6 Å². The second-order valence-electron chi connectivity index (χ2n) is 3.96. The van der Waals surface area contributed by atoms with E-state index in [0.717, 1.165) is 17.7 Å². The molecule has 0 aliphatic carbocycles. The summed E-state index contributed by atoms with van der Waals surface area (Å²) in [7, 11) is 0. The van der Waals surface area contributed by atoms with Crippen LogP contribution in [0.25, 0.3) is 0 Å². The number of hydrogen-bond acceptors (Lipinski definition) is 3. The maximum Gasteiger partial charge on any atom is 0.405 e. The van der Waals surface area contributed by atoms with Crippen LogP contribution in [0.15, 0.2) is 24.3 Å². The van der Waals surface area contributed by atoms with Crippen molar-refractivity contribution < 1.29 is 14.7 Å². The van der Waals surface area contributed by atoms with Crippen molar-refractivity contribution in [2.75, 3.05) is 12.0 Å². The molecule has 0 radical (unpaired) electrons. The average molecular weight is 267 g/mol. The second-order valence-corrected chi connectivity index (χ2v) is 4.95. The van der Waals surface area contributed by atoms with E-state index in [1.54, 1.807) is 36.0 Å². The highest BCUT2D eigenvalue weighted by Gasteiger charge is 2.13. The summed E-state index contributed by atoms with van der Waals surface area (Å²) in [6.45, 7) is 1.51. The van der Waals surface area contributed by atoms with Gasteiger partial charge in [-0.25, -0.2) is 4.79 Å². The molecule has 0 fully saturated rings. The number of nitrogens with one attached hydrogen (secondary N) is 1. The van der Waals surface area contributed by atoms with E-state index in [2.05, 4.69) is 5.32 Å². The number of thioether (sulfide) groups is 1. The lowest BCUT2D eigenvalue weighted by Crippen LogP contribution is -2.27. The zero-order chi connectivity index (χ0) is 13.5. The van der Waals surface area contributed by atoms with Crippen molar-refractivity contribution in [2.24, 2.45) is 0 Å². The van der Waals surface area contributed by atoms with E-state index in [9.17, 15) is 9.59 Å². The van der Waals surface area contributed by atoms with Gasteiger partial charge in [-0.15, -0.1) is 0 Å². The van der Waals surface area contributed by atoms with Crippen LogP contribution in [-0.4, -0.2) is 29.0 Å². The van der Waals surface area contributed by atoms with E-state index in [1.165, 1.54) is 6.92 Å². The predicted molar refractivity (Wildman–Crippen MR) is 73.3 cm³/mol. The van der Waals surface area contributed by atoms with Crippen molar-refractivity contribution in [2.45, 2.75) is 19.4 Å². The molecule has 4 nitrogen and oxygen atoms in total. The molecule has 0 spiro atoms. The van der Waals surface area contributed by atoms with Crippen LogP contribution in [0, 0.1) is 0 Å². The number of carbonyl (C=O) groups excluding carboxylic acids is 1. The van der Waals surface area contributed by atoms with Crippen LogP contribution in [0.2, 0.25) is 0 Å². The number of carboxylic acid groups (broad SMARTS) is 1.